The van der Waals surface area contributed by atoms with Crippen LogP contribution in [0.15, 0.2) is 53.1 Å². The van der Waals surface area contributed by atoms with Crippen LogP contribution < -0.4 is 24.3 Å². The highest BCUT2D eigenvalue weighted by molar-refractivity contribution is 9.10. The molecular weight excluding hydrogens is 562 g/mol. The Morgan fingerprint density at radius 2 is 1.90 bits per heavy atom. The molecule has 9 nitrogen and oxygen atoms in total. The number of piperazine rings is 1. The maximum Gasteiger partial charge on any atom is 0.233 e. The number of rotatable bonds is 11. The van der Waals surface area contributed by atoms with E-state index in [4.69, 9.17) is 25.4 Å². The van der Waals surface area contributed by atoms with Crippen molar-refractivity contribution >= 4 is 27.6 Å². The lowest BCUT2D eigenvalue weighted by atomic mass is 10.1. The molecule has 0 amide bonds. The van der Waals surface area contributed by atoms with Crippen molar-refractivity contribution in [2.75, 3.05) is 58.0 Å². The van der Waals surface area contributed by atoms with Crippen molar-refractivity contribution in [3.8, 4) is 35.5 Å². The summed E-state index contributed by atoms with van der Waals surface area (Å²) in [5.41, 5.74) is 2.08. The molecule has 2 aliphatic heterocycles. The van der Waals surface area contributed by atoms with E-state index in [9.17, 15) is 0 Å². The summed E-state index contributed by atoms with van der Waals surface area (Å²) in [7, 11) is 0. The number of ether oxygens (including phenoxy) is 4. The molecule has 2 aliphatic rings. The largest absolute Gasteiger partial charge is 0.493 e. The van der Waals surface area contributed by atoms with Gasteiger partial charge in [0, 0.05) is 56.9 Å². The van der Waals surface area contributed by atoms with Gasteiger partial charge in [-0.05, 0) is 45.8 Å². The van der Waals surface area contributed by atoms with Crippen LogP contribution in [-0.2, 0) is 6.54 Å². The van der Waals surface area contributed by atoms with Gasteiger partial charge in [-0.15, -0.1) is 6.42 Å². The van der Waals surface area contributed by atoms with E-state index in [0.717, 1.165) is 62.2 Å². The normalized spacial score (nSPS) is 15.9. The molecule has 204 valence electrons. The van der Waals surface area contributed by atoms with E-state index in [0.29, 0.717) is 35.6 Å². The van der Waals surface area contributed by atoms with Gasteiger partial charge in [-0.1, -0.05) is 25.0 Å². The van der Waals surface area contributed by atoms with Crippen molar-refractivity contribution in [3.63, 3.8) is 0 Å². The van der Waals surface area contributed by atoms with Crippen molar-refractivity contribution in [3.05, 3.63) is 58.7 Å². The Morgan fingerprint density at radius 3 is 2.74 bits per heavy atom. The fourth-order valence-electron chi connectivity index (χ4n) is 4.58. The lowest BCUT2D eigenvalue weighted by molar-refractivity contribution is 0.104. The Bertz CT molecular complexity index is 1310. The molecule has 0 spiro atoms. The van der Waals surface area contributed by atoms with Crippen LogP contribution in [0.3, 0.4) is 0 Å². The Morgan fingerprint density at radius 1 is 1.08 bits per heavy atom. The van der Waals surface area contributed by atoms with E-state index < -0.39 is 0 Å². The number of nitrogens with one attached hydrogen (secondary N) is 1. The molecule has 0 radical (unpaired) electrons. The molecule has 1 saturated heterocycles. The predicted molar refractivity (Wildman–Crippen MR) is 153 cm³/mol. The van der Waals surface area contributed by atoms with Crippen LogP contribution in [0.4, 0.5) is 11.6 Å². The highest BCUT2D eigenvalue weighted by atomic mass is 79.9. The van der Waals surface area contributed by atoms with E-state index in [1.807, 2.05) is 30.3 Å². The number of fused-ring (bicyclic) bond motifs is 1. The second-order valence-corrected chi connectivity index (χ2v) is 10.5. The van der Waals surface area contributed by atoms with Crippen molar-refractivity contribution in [2.45, 2.75) is 13.5 Å². The monoisotopic (exact) mass is 593 g/mol. The third-order valence-corrected chi connectivity index (χ3v) is 7.05. The Hall–Kier alpha value is -3.52. The molecule has 0 bridgehead atoms. The molecule has 10 heteroatoms. The minimum atomic E-state index is 0.132. The van der Waals surface area contributed by atoms with Crippen LogP contribution in [0.5, 0.6) is 23.1 Å². The van der Waals surface area contributed by atoms with Crippen LogP contribution in [0.2, 0.25) is 0 Å². The number of benzene rings is 2. The van der Waals surface area contributed by atoms with Gasteiger partial charge < -0.3 is 29.2 Å². The van der Waals surface area contributed by atoms with Gasteiger partial charge in [-0.25, -0.2) is 4.98 Å². The average molecular weight is 595 g/mol. The third kappa shape index (κ3) is 7.53. The first-order valence-corrected chi connectivity index (χ1v) is 13.8. The van der Waals surface area contributed by atoms with Gasteiger partial charge >= 0.3 is 0 Å². The van der Waals surface area contributed by atoms with Crippen molar-refractivity contribution in [1.82, 2.24) is 19.8 Å². The Kier molecular flexibility index (Phi) is 9.04. The van der Waals surface area contributed by atoms with Crippen molar-refractivity contribution in [1.29, 1.82) is 0 Å². The molecule has 2 aromatic carbocycles. The van der Waals surface area contributed by atoms with Gasteiger partial charge in [0.2, 0.25) is 18.6 Å². The molecular formula is C29H32BrN5O4. The second-order valence-electron chi connectivity index (χ2n) is 9.67. The van der Waals surface area contributed by atoms with E-state index in [2.05, 4.69) is 66.0 Å². The number of aromatic nitrogens is 2. The van der Waals surface area contributed by atoms with Crippen molar-refractivity contribution in [2.24, 2.45) is 5.92 Å². The number of terminal acetylenes is 1. The van der Waals surface area contributed by atoms with Crippen LogP contribution in [-0.4, -0.2) is 72.5 Å². The van der Waals surface area contributed by atoms with Gasteiger partial charge in [0.25, 0.3) is 0 Å². The maximum absolute atomic E-state index is 6.13. The summed E-state index contributed by atoms with van der Waals surface area (Å²) < 4.78 is 23.1. The zero-order valence-electron chi connectivity index (χ0n) is 21.9. The maximum atomic E-state index is 6.13. The van der Waals surface area contributed by atoms with Gasteiger partial charge in [-0.2, -0.15) is 4.98 Å². The molecule has 5 rings (SSSR count). The molecule has 3 heterocycles. The summed E-state index contributed by atoms with van der Waals surface area (Å²) >= 11 is 3.37. The fraction of sp³-hybridized carbons (Fsp3) is 0.379. The number of nitrogens with zero attached hydrogens (tertiary/aromatic N) is 4. The molecule has 3 aromatic rings. The van der Waals surface area contributed by atoms with E-state index in [1.165, 1.54) is 5.56 Å². The number of anilines is 2. The first kappa shape index (κ1) is 27.1. The molecule has 1 N–H and O–H groups in total. The summed E-state index contributed by atoms with van der Waals surface area (Å²) in [5.74, 6) is 6.11. The van der Waals surface area contributed by atoms with E-state index in [-0.39, 0.29) is 6.61 Å². The first-order valence-electron chi connectivity index (χ1n) is 13.0. The van der Waals surface area contributed by atoms with Gasteiger partial charge in [0.1, 0.15) is 5.75 Å². The topological polar surface area (TPSA) is 81.2 Å². The molecule has 0 saturated carbocycles. The minimum Gasteiger partial charge on any atom is -0.493 e. The second kappa shape index (κ2) is 13.0. The zero-order chi connectivity index (χ0) is 27.0. The lowest BCUT2D eigenvalue weighted by Gasteiger charge is -2.36. The first-order chi connectivity index (χ1) is 19.1. The Labute approximate surface area is 237 Å². The summed E-state index contributed by atoms with van der Waals surface area (Å²) in [6.45, 7) is 9.44. The van der Waals surface area contributed by atoms with Crippen molar-refractivity contribution < 1.29 is 18.9 Å². The summed E-state index contributed by atoms with van der Waals surface area (Å²) in [6.07, 6.45) is 6.90. The van der Waals surface area contributed by atoms with E-state index in [1.54, 1.807) is 6.20 Å². The smallest absolute Gasteiger partial charge is 0.233 e. The molecule has 1 atom stereocenters. The highest BCUT2D eigenvalue weighted by Crippen LogP contribution is 2.33. The highest BCUT2D eigenvalue weighted by Gasteiger charge is 2.20. The van der Waals surface area contributed by atoms with Gasteiger partial charge in [0.05, 0.1) is 17.3 Å². The SMILES string of the molecule is C#CCOc1nc(Nc2cccc(OCC(C)CN3CCN(Cc4ccc5c(c4)OCO5)CC3)c2)ncc1Br. The number of halogens is 1. The van der Waals surface area contributed by atoms with Gasteiger partial charge in [0.15, 0.2) is 18.1 Å². The minimum absolute atomic E-state index is 0.132. The zero-order valence-corrected chi connectivity index (χ0v) is 23.5. The standard InChI is InChI=1S/C29H32BrN5O4/c1-3-13-36-28-25(30)16-31-29(33-28)32-23-5-4-6-24(15-23)37-19-21(2)17-34-9-11-35(12-10-34)18-22-7-8-26-27(14-22)39-20-38-26/h1,4-8,14-16,21H,9-13,17-20H2,2H3,(H,31,32,33). The summed E-state index contributed by atoms with van der Waals surface area (Å²) in [6, 6.07) is 14.0. The fourth-order valence-corrected chi connectivity index (χ4v) is 4.88. The quantitative estimate of drug-likeness (QED) is 0.322. The van der Waals surface area contributed by atoms with Crippen LogP contribution >= 0.6 is 15.9 Å². The Balaban J connectivity index is 1.05. The molecule has 0 aliphatic carbocycles. The van der Waals surface area contributed by atoms with Crippen LogP contribution in [0, 0.1) is 18.3 Å². The summed E-state index contributed by atoms with van der Waals surface area (Å²) in [4.78, 5) is 13.7. The molecule has 1 aromatic heterocycles. The predicted octanol–water partition coefficient (Wildman–Crippen LogP) is 4.56. The molecule has 39 heavy (non-hydrogen) atoms. The van der Waals surface area contributed by atoms with Crippen LogP contribution in [0.1, 0.15) is 12.5 Å². The third-order valence-electron chi connectivity index (χ3n) is 6.51. The van der Waals surface area contributed by atoms with Crippen LogP contribution in [0.25, 0.3) is 0 Å². The average Bonchev–Trinajstić information content (AvgIpc) is 3.42. The van der Waals surface area contributed by atoms with Gasteiger partial charge in [-0.3, -0.25) is 4.90 Å². The summed E-state index contributed by atoms with van der Waals surface area (Å²) in [5, 5.41) is 3.19. The number of hydrogen-bond acceptors (Lipinski definition) is 9. The molecule has 1 fully saturated rings. The van der Waals surface area contributed by atoms with E-state index >= 15 is 0 Å². The lowest BCUT2D eigenvalue weighted by Crippen LogP contribution is -2.47. The molecule has 1 unspecified atom stereocenters. The number of hydrogen-bond donors (Lipinski definition) is 1.